The third-order valence-electron chi connectivity index (χ3n) is 3.36. The number of carboxylic acid groups (broad SMARTS) is 1. The quantitative estimate of drug-likeness (QED) is 0.818. The normalized spacial score (nSPS) is 15.5. The molecule has 88 valence electrons. The lowest BCUT2D eigenvalue weighted by Crippen LogP contribution is -2.00. The van der Waals surface area contributed by atoms with Crippen molar-refractivity contribution in [2.24, 2.45) is 0 Å². The van der Waals surface area contributed by atoms with Crippen molar-refractivity contribution < 1.29 is 9.90 Å². The molecule has 17 heavy (non-hydrogen) atoms. The predicted octanol–water partition coefficient (Wildman–Crippen LogP) is 2.46. The second-order valence-corrected chi connectivity index (χ2v) is 4.50. The van der Waals surface area contributed by atoms with Gasteiger partial charge in [0.2, 0.25) is 0 Å². The van der Waals surface area contributed by atoms with Crippen LogP contribution in [0.3, 0.4) is 0 Å². The fourth-order valence-electron chi connectivity index (χ4n) is 2.48. The summed E-state index contributed by atoms with van der Waals surface area (Å²) in [6.45, 7) is 0.998. The molecule has 0 bridgehead atoms. The lowest BCUT2D eigenvalue weighted by molar-refractivity contribution is 0.0697. The van der Waals surface area contributed by atoms with E-state index in [4.69, 9.17) is 5.11 Å². The van der Waals surface area contributed by atoms with Gasteiger partial charge in [-0.05, 0) is 31.0 Å². The summed E-state index contributed by atoms with van der Waals surface area (Å²) < 4.78 is 2.23. The summed E-state index contributed by atoms with van der Waals surface area (Å²) in [4.78, 5) is 15.5. The van der Waals surface area contributed by atoms with E-state index in [-0.39, 0.29) is 0 Å². The van der Waals surface area contributed by atoms with Gasteiger partial charge in [0.15, 0.2) is 0 Å². The van der Waals surface area contributed by atoms with E-state index in [1.807, 2.05) is 6.07 Å². The molecule has 0 fully saturated rings. The zero-order chi connectivity index (χ0) is 11.8. The molecule has 0 spiro atoms. The molecule has 0 aliphatic carbocycles. The number of benzene rings is 1. The molecular formula is C13H14N2O2. The van der Waals surface area contributed by atoms with Crippen LogP contribution in [0.5, 0.6) is 0 Å². The Morgan fingerprint density at radius 1 is 1.29 bits per heavy atom. The first-order chi connectivity index (χ1) is 8.25. The van der Waals surface area contributed by atoms with Gasteiger partial charge in [0.05, 0.1) is 16.6 Å². The molecule has 0 amide bonds. The Morgan fingerprint density at radius 2 is 2.18 bits per heavy atom. The Kier molecular flexibility index (Phi) is 2.35. The van der Waals surface area contributed by atoms with E-state index in [2.05, 4.69) is 9.55 Å². The van der Waals surface area contributed by atoms with E-state index in [0.717, 1.165) is 29.8 Å². The first kappa shape index (κ1) is 10.3. The van der Waals surface area contributed by atoms with Crippen LogP contribution >= 0.6 is 0 Å². The number of aromatic carboxylic acids is 1. The Bertz CT molecular complexity index is 586. The number of nitrogens with zero attached hydrogens (tertiary/aromatic N) is 2. The molecule has 0 atom stereocenters. The molecule has 2 heterocycles. The second kappa shape index (κ2) is 3.87. The number of fused-ring (bicyclic) bond motifs is 3. The first-order valence-electron chi connectivity index (χ1n) is 5.98. The Morgan fingerprint density at radius 3 is 3.00 bits per heavy atom. The van der Waals surface area contributed by atoms with Crippen LogP contribution in [0.2, 0.25) is 0 Å². The van der Waals surface area contributed by atoms with Crippen LogP contribution in [0.15, 0.2) is 18.2 Å². The second-order valence-electron chi connectivity index (χ2n) is 4.50. The van der Waals surface area contributed by atoms with Gasteiger partial charge in [0.1, 0.15) is 5.82 Å². The number of hydrogen-bond acceptors (Lipinski definition) is 2. The van der Waals surface area contributed by atoms with E-state index in [9.17, 15) is 4.79 Å². The summed E-state index contributed by atoms with van der Waals surface area (Å²) in [5.74, 6) is 0.204. The SMILES string of the molecule is O=C(O)c1ccc2c(c1)nc1n2CCCCC1. The summed E-state index contributed by atoms with van der Waals surface area (Å²) >= 11 is 0. The smallest absolute Gasteiger partial charge is 0.335 e. The molecule has 4 heteroatoms. The number of imidazole rings is 1. The van der Waals surface area contributed by atoms with Crippen LogP contribution < -0.4 is 0 Å². The fourth-order valence-corrected chi connectivity index (χ4v) is 2.48. The molecule has 1 aliphatic heterocycles. The number of carboxylic acids is 1. The molecule has 4 nitrogen and oxygen atoms in total. The van der Waals surface area contributed by atoms with Gasteiger partial charge in [-0.25, -0.2) is 9.78 Å². The molecular weight excluding hydrogens is 216 g/mol. The van der Waals surface area contributed by atoms with Gasteiger partial charge in [-0.2, -0.15) is 0 Å². The van der Waals surface area contributed by atoms with Crippen LogP contribution in [-0.4, -0.2) is 20.6 Å². The van der Waals surface area contributed by atoms with Crippen LogP contribution in [-0.2, 0) is 13.0 Å². The maximum atomic E-state index is 10.9. The molecule has 0 saturated heterocycles. The molecule has 2 aromatic rings. The Labute approximate surface area is 98.9 Å². The minimum Gasteiger partial charge on any atom is -0.478 e. The van der Waals surface area contributed by atoms with E-state index in [0.29, 0.717) is 5.56 Å². The van der Waals surface area contributed by atoms with Gasteiger partial charge in [0, 0.05) is 13.0 Å². The number of hydrogen-bond donors (Lipinski definition) is 1. The van der Waals surface area contributed by atoms with E-state index < -0.39 is 5.97 Å². The number of aryl methyl sites for hydroxylation is 2. The predicted molar refractivity (Wildman–Crippen MR) is 64.2 cm³/mol. The van der Waals surface area contributed by atoms with Crippen molar-refractivity contribution in [3.63, 3.8) is 0 Å². The molecule has 1 aliphatic rings. The average molecular weight is 230 g/mol. The zero-order valence-corrected chi connectivity index (χ0v) is 9.52. The van der Waals surface area contributed by atoms with Gasteiger partial charge in [-0.1, -0.05) is 6.42 Å². The van der Waals surface area contributed by atoms with Crippen molar-refractivity contribution in [2.75, 3.05) is 0 Å². The highest BCUT2D eigenvalue weighted by Crippen LogP contribution is 2.22. The zero-order valence-electron chi connectivity index (χ0n) is 9.52. The van der Waals surface area contributed by atoms with Crippen LogP contribution in [0, 0.1) is 0 Å². The van der Waals surface area contributed by atoms with Gasteiger partial charge in [-0.15, -0.1) is 0 Å². The first-order valence-corrected chi connectivity index (χ1v) is 5.98. The molecule has 0 unspecified atom stereocenters. The Hall–Kier alpha value is -1.84. The number of rotatable bonds is 1. The van der Waals surface area contributed by atoms with Gasteiger partial charge < -0.3 is 9.67 Å². The summed E-state index contributed by atoms with van der Waals surface area (Å²) in [6, 6.07) is 5.20. The lowest BCUT2D eigenvalue weighted by Gasteiger charge is -2.03. The van der Waals surface area contributed by atoms with Crippen molar-refractivity contribution in [3.05, 3.63) is 29.6 Å². The summed E-state index contributed by atoms with van der Waals surface area (Å²) in [5, 5.41) is 8.96. The van der Waals surface area contributed by atoms with Crippen molar-refractivity contribution in [1.82, 2.24) is 9.55 Å². The minimum atomic E-state index is -0.893. The molecule has 1 N–H and O–H groups in total. The molecule has 1 aromatic heterocycles. The van der Waals surface area contributed by atoms with Crippen molar-refractivity contribution in [3.8, 4) is 0 Å². The largest absolute Gasteiger partial charge is 0.478 e. The van der Waals surface area contributed by atoms with E-state index >= 15 is 0 Å². The number of carbonyl (C=O) groups is 1. The highest BCUT2D eigenvalue weighted by atomic mass is 16.4. The monoisotopic (exact) mass is 230 g/mol. The summed E-state index contributed by atoms with van der Waals surface area (Å²) in [7, 11) is 0. The molecule has 1 aromatic carbocycles. The van der Waals surface area contributed by atoms with Gasteiger partial charge in [0.25, 0.3) is 0 Å². The number of aromatic nitrogens is 2. The third kappa shape index (κ3) is 1.69. The topological polar surface area (TPSA) is 55.1 Å². The van der Waals surface area contributed by atoms with E-state index in [1.54, 1.807) is 12.1 Å². The lowest BCUT2D eigenvalue weighted by atomic mass is 10.2. The minimum absolute atomic E-state index is 0.311. The maximum absolute atomic E-state index is 10.9. The van der Waals surface area contributed by atoms with Crippen molar-refractivity contribution >= 4 is 17.0 Å². The van der Waals surface area contributed by atoms with Crippen molar-refractivity contribution in [1.29, 1.82) is 0 Å². The van der Waals surface area contributed by atoms with Gasteiger partial charge in [-0.3, -0.25) is 0 Å². The highest BCUT2D eigenvalue weighted by molar-refractivity contribution is 5.92. The molecule has 0 saturated carbocycles. The fraction of sp³-hybridized carbons (Fsp3) is 0.385. The standard InChI is InChI=1S/C13H14N2O2/c16-13(17)9-5-6-11-10(8-9)14-12-4-2-1-3-7-15(11)12/h5-6,8H,1-4,7H2,(H,16,17). The summed E-state index contributed by atoms with van der Waals surface area (Å²) in [6.07, 6.45) is 4.60. The Balaban J connectivity index is 2.17. The third-order valence-corrected chi connectivity index (χ3v) is 3.36. The highest BCUT2D eigenvalue weighted by Gasteiger charge is 2.14. The van der Waals surface area contributed by atoms with Crippen LogP contribution in [0.1, 0.15) is 35.4 Å². The van der Waals surface area contributed by atoms with Gasteiger partial charge >= 0.3 is 5.97 Å². The van der Waals surface area contributed by atoms with Crippen LogP contribution in [0.4, 0.5) is 0 Å². The average Bonchev–Trinajstić information content (AvgIpc) is 2.50. The van der Waals surface area contributed by atoms with E-state index in [1.165, 1.54) is 19.3 Å². The molecule has 0 radical (unpaired) electrons. The molecule has 3 rings (SSSR count). The maximum Gasteiger partial charge on any atom is 0.335 e. The van der Waals surface area contributed by atoms with Crippen LogP contribution in [0.25, 0.3) is 11.0 Å². The van der Waals surface area contributed by atoms with Crippen molar-refractivity contribution in [2.45, 2.75) is 32.2 Å². The summed E-state index contributed by atoms with van der Waals surface area (Å²) in [5.41, 5.74) is 2.18.